The number of benzene rings is 1. The minimum Gasteiger partial charge on any atom is -0.316 e. The Kier molecular flexibility index (Phi) is 4.98. The zero-order chi connectivity index (χ0) is 13.8. The molecule has 1 fully saturated rings. The molecule has 0 bridgehead atoms. The van der Waals surface area contributed by atoms with Gasteiger partial charge in [-0.3, -0.25) is 0 Å². The molecule has 1 nitrogen and oxygen atoms in total. The van der Waals surface area contributed by atoms with Crippen LogP contribution in [0.25, 0.3) is 0 Å². The maximum atomic E-state index is 13.4. The summed E-state index contributed by atoms with van der Waals surface area (Å²) in [5.41, 5.74) is 2.35. The second-order valence-electron chi connectivity index (χ2n) is 6.19. The van der Waals surface area contributed by atoms with Crippen molar-refractivity contribution in [1.82, 2.24) is 5.32 Å². The Labute approximate surface area is 116 Å². The van der Waals surface area contributed by atoms with Crippen LogP contribution in [0.3, 0.4) is 0 Å². The fourth-order valence-electron chi connectivity index (χ4n) is 3.29. The Bertz CT molecular complexity index is 408. The molecule has 1 aromatic carbocycles. The van der Waals surface area contributed by atoms with Crippen LogP contribution in [0, 0.1) is 24.6 Å². The van der Waals surface area contributed by atoms with Crippen LogP contribution in [0.5, 0.6) is 0 Å². The highest BCUT2D eigenvalue weighted by molar-refractivity contribution is 5.27. The highest BCUT2D eigenvalue weighted by Gasteiger charge is 2.25. The fraction of sp³-hybridized carbons (Fsp3) is 0.647. The van der Waals surface area contributed by atoms with E-state index in [-0.39, 0.29) is 5.82 Å². The van der Waals surface area contributed by atoms with Crippen LogP contribution < -0.4 is 5.32 Å². The Morgan fingerprint density at radius 2 is 1.95 bits per heavy atom. The second kappa shape index (κ2) is 6.51. The summed E-state index contributed by atoms with van der Waals surface area (Å²) in [6.07, 6.45) is 6.23. The number of hydrogen-bond acceptors (Lipinski definition) is 1. The summed E-state index contributed by atoms with van der Waals surface area (Å²) >= 11 is 0. The smallest absolute Gasteiger partial charge is 0.123 e. The summed E-state index contributed by atoms with van der Waals surface area (Å²) in [5, 5.41) is 3.46. The topological polar surface area (TPSA) is 12.0 Å². The number of halogens is 1. The van der Waals surface area contributed by atoms with Gasteiger partial charge in [-0.25, -0.2) is 4.39 Å². The Balaban J connectivity index is 2.04. The van der Waals surface area contributed by atoms with Crippen molar-refractivity contribution in [3.63, 3.8) is 0 Å². The molecule has 1 aliphatic carbocycles. The molecule has 0 spiro atoms. The lowest BCUT2D eigenvalue weighted by molar-refractivity contribution is 0.235. The average Bonchev–Trinajstić information content (AvgIpc) is 2.41. The molecule has 0 heterocycles. The van der Waals surface area contributed by atoms with Gasteiger partial charge in [0.15, 0.2) is 0 Å². The largest absolute Gasteiger partial charge is 0.316 e. The lowest BCUT2D eigenvalue weighted by Crippen LogP contribution is -2.37. The number of hydrogen-bond donors (Lipinski definition) is 1. The standard InChI is InChI=1S/C17H26FN/c1-12-4-7-14(8-5-12)17(19-3)11-15-10-16(18)9-6-13(15)2/h6,9-10,12,14,17,19H,4-5,7-8,11H2,1-3H3. The first kappa shape index (κ1) is 14.5. The summed E-state index contributed by atoms with van der Waals surface area (Å²) in [4.78, 5) is 0. The molecule has 0 amide bonds. The molecule has 0 aromatic heterocycles. The van der Waals surface area contributed by atoms with Crippen LogP contribution in [-0.2, 0) is 6.42 Å². The maximum Gasteiger partial charge on any atom is 0.123 e. The summed E-state index contributed by atoms with van der Waals surface area (Å²) < 4.78 is 13.4. The van der Waals surface area contributed by atoms with E-state index in [2.05, 4.69) is 19.2 Å². The van der Waals surface area contributed by atoms with Gasteiger partial charge in [-0.1, -0.05) is 25.8 Å². The van der Waals surface area contributed by atoms with E-state index in [1.54, 1.807) is 12.1 Å². The van der Waals surface area contributed by atoms with E-state index >= 15 is 0 Å². The monoisotopic (exact) mass is 263 g/mol. The molecule has 106 valence electrons. The Hall–Kier alpha value is -0.890. The van der Waals surface area contributed by atoms with E-state index in [0.717, 1.165) is 23.8 Å². The third-order valence-corrected chi connectivity index (χ3v) is 4.75. The lowest BCUT2D eigenvalue weighted by atomic mass is 9.77. The zero-order valence-corrected chi connectivity index (χ0v) is 12.4. The third kappa shape index (κ3) is 3.79. The van der Waals surface area contributed by atoms with E-state index in [0.29, 0.717) is 6.04 Å². The van der Waals surface area contributed by atoms with Crippen molar-refractivity contribution in [2.75, 3.05) is 7.05 Å². The predicted molar refractivity (Wildman–Crippen MR) is 78.8 cm³/mol. The molecule has 1 atom stereocenters. The van der Waals surface area contributed by atoms with Crippen LogP contribution in [0.4, 0.5) is 4.39 Å². The van der Waals surface area contributed by atoms with E-state index in [9.17, 15) is 4.39 Å². The van der Waals surface area contributed by atoms with Gasteiger partial charge in [0, 0.05) is 6.04 Å². The van der Waals surface area contributed by atoms with Gasteiger partial charge < -0.3 is 5.32 Å². The molecule has 0 aliphatic heterocycles. The van der Waals surface area contributed by atoms with Crippen LogP contribution >= 0.6 is 0 Å². The molecule has 2 heteroatoms. The first-order valence-electron chi connectivity index (χ1n) is 7.52. The predicted octanol–water partition coefficient (Wildman–Crippen LogP) is 4.09. The zero-order valence-electron chi connectivity index (χ0n) is 12.4. The van der Waals surface area contributed by atoms with Crippen LogP contribution in [0.15, 0.2) is 18.2 Å². The van der Waals surface area contributed by atoms with Crippen LogP contribution in [0.1, 0.15) is 43.7 Å². The van der Waals surface area contributed by atoms with Crippen molar-refractivity contribution < 1.29 is 4.39 Å². The minimum atomic E-state index is -0.118. The molecule has 1 N–H and O–H groups in total. The average molecular weight is 263 g/mol. The van der Waals surface area contributed by atoms with E-state index in [1.165, 1.54) is 31.2 Å². The van der Waals surface area contributed by atoms with Gasteiger partial charge >= 0.3 is 0 Å². The van der Waals surface area contributed by atoms with Gasteiger partial charge in [0.2, 0.25) is 0 Å². The van der Waals surface area contributed by atoms with E-state index in [1.807, 2.05) is 13.1 Å². The molecule has 19 heavy (non-hydrogen) atoms. The normalized spacial score (nSPS) is 25.3. The summed E-state index contributed by atoms with van der Waals surface area (Å²) in [7, 11) is 2.04. The number of rotatable bonds is 4. The molecule has 0 radical (unpaired) electrons. The quantitative estimate of drug-likeness (QED) is 0.862. The first-order valence-corrected chi connectivity index (χ1v) is 7.52. The van der Waals surface area contributed by atoms with Gasteiger partial charge in [-0.2, -0.15) is 0 Å². The molecular formula is C17H26FN. The molecule has 1 unspecified atom stereocenters. The summed E-state index contributed by atoms with van der Waals surface area (Å²) in [6.45, 7) is 4.42. The van der Waals surface area contributed by atoms with Crippen molar-refractivity contribution in [3.05, 3.63) is 35.1 Å². The number of nitrogens with one attached hydrogen (secondary N) is 1. The Morgan fingerprint density at radius 3 is 2.58 bits per heavy atom. The third-order valence-electron chi connectivity index (χ3n) is 4.75. The van der Waals surface area contributed by atoms with Crippen molar-refractivity contribution in [2.24, 2.45) is 11.8 Å². The van der Waals surface area contributed by atoms with Crippen molar-refractivity contribution in [2.45, 2.75) is 52.0 Å². The highest BCUT2D eigenvalue weighted by Crippen LogP contribution is 2.31. The minimum absolute atomic E-state index is 0.118. The SMILES string of the molecule is CNC(Cc1cc(F)ccc1C)C1CCC(C)CC1. The number of aryl methyl sites for hydroxylation is 1. The summed E-state index contributed by atoms with van der Waals surface area (Å²) in [5.74, 6) is 1.50. The van der Waals surface area contributed by atoms with Gasteiger partial charge in [-0.15, -0.1) is 0 Å². The van der Waals surface area contributed by atoms with Gasteiger partial charge in [0.25, 0.3) is 0 Å². The fourth-order valence-corrected chi connectivity index (χ4v) is 3.29. The number of likely N-dealkylation sites (N-methyl/N-ethyl adjacent to an activating group) is 1. The van der Waals surface area contributed by atoms with E-state index < -0.39 is 0 Å². The highest BCUT2D eigenvalue weighted by atomic mass is 19.1. The molecule has 2 rings (SSSR count). The maximum absolute atomic E-state index is 13.4. The Morgan fingerprint density at radius 1 is 1.26 bits per heavy atom. The van der Waals surface area contributed by atoms with Crippen molar-refractivity contribution in [1.29, 1.82) is 0 Å². The van der Waals surface area contributed by atoms with Crippen LogP contribution in [0.2, 0.25) is 0 Å². The van der Waals surface area contributed by atoms with Crippen molar-refractivity contribution >= 4 is 0 Å². The van der Waals surface area contributed by atoms with E-state index in [4.69, 9.17) is 0 Å². The summed E-state index contributed by atoms with van der Waals surface area (Å²) in [6, 6.07) is 5.62. The molecule has 1 saturated carbocycles. The molecule has 1 aromatic rings. The van der Waals surface area contributed by atoms with Gasteiger partial charge in [-0.05, 0) is 68.3 Å². The van der Waals surface area contributed by atoms with Gasteiger partial charge in [0.05, 0.1) is 0 Å². The molecule has 0 saturated heterocycles. The van der Waals surface area contributed by atoms with Crippen LogP contribution in [-0.4, -0.2) is 13.1 Å². The first-order chi connectivity index (χ1) is 9.10. The molecule has 1 aliphatic rings. The molecular weight excluding hydrogens is 237 g/mol. The second-order valence-corrected chi connectivity index (χ2v) is 6.19. The lowest BCUT2D eigenvalue weighted by Gasteiger charge is -2.33. The van der Waals surface area contributed by atoms with Gasteiger partial charge in [0.1, 0.15) is 5.82 Å². The van der Waals surface area contributed by atoms with Crippen molar-refractivity contribution in [3.8, 4) is 0 Å².